The van der Waals surface area contributed by atoms with Crippen molar-refractivity contribution >= 4 is 40.1 Å². The van der Waals surface area contributed by atoms with Gasteiger partial charge in [-0.15, -0.1) is 0 Å². The third kappa shape index (κ3) is 4.68. The highest BCUT2D eigenvalue weighted by molar-refractivity contribution is 14.1. The molecule has 0 atom stereocenters. The Morgan fingerprint density at radius 2 is 1.85 bits per heavy atom. The van der Waals surface area contributed by atoms with E-state index in [4.69, 9.17) is 16.3 Å². The molecule has 3 nitrogen and oxygen atoms in total. The molecule has 0 radical (unpaired) electrons. The Morgan fingerprint density at radius 3 is 2.55 bits per heavy atom. The van der Waals surface area contributed by atoms with Gasteiger partial charge in [0, 0.05) is 15.1 Å². The van der Waals surface area contributed by atoms with Crippen LogP contribution < -0.4 is 10.1 Å². The second-order valence-electron chi connectivity index (χ2n) is 4.11. The summed E-state index contributed by atoms with van der Waals surface area (Å²) in [7, 11) is 0. The van der Waals surface area contributed by atoms with Gasteiger partial charge in [-0.2, -0.15) is 0 Å². The lowest BCUT2D eigenvalue weighted by molar-refractivity contribution is -0.123. The minimum atomic E-state index is -0.177. The Hall–Kier alpha value is -1.27. The lowest BCUT2D eigenvalue weighted by Gasteiger charge is -2.08. The Bertz CT molecular complexity index is 587. The van der Waals surface area contributed by atoms with Gasteiger partial charge in [0.25, 0.3) is 5.91 Å². The van der Waals surface area contributed by atoms with Crippen LogP contribution in [0.15, 0.2) is 48.5 Å². The highest BCUT2D eigenvalue weighted by Crippen LogP contribution is 2.15. The van der Waals surface area contributed by atoms with Crippen molar-refractivity contribution in [2.75, 3.05) is 6.61 Å². The highest BCUT2D eigenvalue weighted by atomic mass is 127. The van der Waals surface area contributed by atoms with Crippen molar-refractivity contribution < 1.29 is 9.53 Å². The summed E-state index contributed by atoms with van der Waals surface area (Å²) in [6, 6.07) is 14.9. The van der Waals surface area contributed by atoms with Crippen LogP contribution in [-0.4, -0.2) is 12.5 Å². The maximum absolute atomic E-state index is 11.7. The number of nitrogens with one attached hydrogen (secondary N) is 1. The number of carbonyl (C=O) groups excluding carboxylic acids is 1. The molecule has 1 amide bonds. The molecule has 1 N–H and O–H groups in total. The third-order valence-electron chi connectivity index (χ3n) is 2.62. The fourth-order valence-corrected chi connectivity index (χ4v) is 2.13. The van der Waals surface area contributed by atoms with Gasteiger partial charge in [-0.1, -0.05) is 29.8 Å². The summed E-state index contributed by atoms with van der Waals surface area (Å²) >= 11 is 8.23. The number of hydrogen-bond donors (Lipinski definition) is 1. The van der Waals surface area contributed by atoms with Gasteiger partial charge in [0.15, 0.2) is 6.61 Å². The number of ether oxygens (including phenoxy) is 1. The number of carbonyl (C=O) groups is 1. The average molecular weight is 402 g/mol. The van der Waals surface area contributed by atoms with Gasteiger partial charge in [0.05, 0.1) is 0 Å². The number of amides is 1. The smallest absolute Gasteiger partial charge is 0.258 e. The van der Waals surface area contributed by atoms with E-state index in [1.165, 1.54) is 0 Å². The number of hydrogen-bond acceptors (Lipinski definition) is 2. The molecular formula is C15H13ClINO2. The summed E-state index contributed by atoms with van der Waals surface area (Å²) in [6.45, 7) is 0.388. The van der Waals surface area contributed by atoms with E-state index < -0.39 is 0 Å². The van der Waals surface area contributed by atoms with E-state index in [2.05, 4.69) is 27.9 Å². The van der Waals surface area contributed by atoms with E-state index in [-0.39, 0.29) is 12.5 Å². The van der Waals surface area contributed by atoms with E-state index in [0.29, 0.717) is 17.3 Å². The molecule has 0 saturated heterocycles. The van der Waals surface area contributed by atoms with Crippen molar-refractivity contribution in [3.63, 3.8) is 0 Å². The van der Waals surface area contributed by atoms with E-state index in [9.17, 15) is 4.79 Å². The fourth-order valence-electron chi connectivity index (χ4n) is 1.57. The summed E-state index contributed by atoms with van der Waals surface area (Å²) in [5.41, 5.74) is 0.886. The Morgan fingerprint density at radius 1 is 1.15 bits per heavy atom. The van der Waals surface area contributed by atoms with Crippen molar-refractivity contribution in [3.05, 3.63) is 62.7 Å². The van der Waals surface area contributed by atoms with Crippen molar-refractivity contribution in [1.82, 2.24) is 5.32 Å². The monoisotopic (exact) mass is 401 g/mol. The molecule has 0 aliphatic rings. The molecule has 2 rings (SSSR count). The first-order valence-corrected chi connectivity index (χ1v) is 7.49. The normalized spacial score (nSPS) is 10.1. The standard InChI is InChI=1S/C15H13ClINO2/c16-14-4-2-1-3-11(14)9-18-15(19)10-20-13-7-5-12(17)6-8-13/h1-8H,9-10H2,(H,18,19). The first-order chi connectivity index (χ1) is 9.65. The zero-order chi connectivity index (χ0) is 14.4. The van der Waals surface area contributed by atoms with E-state index in [0.717, 1.165) is 9.13 Å². The van der Waals surface area contributed by atoms with Crippen LogP contribution in [0.1, 0.15) is 5.56 Å². The largest absolute Gasteiger partial charge is 0.484 e. The number of benzene rings is 2. The predicted octanol–water partition coefficient (Wildman–Crippen LogP) is 3.64. The fraction of sp³-hybridized carbons (Fsp3) is 0.133. The molecule has 104 valence electrons. The second-order valence-corrected chi connectivity index (χ2v) is 5.76. The minimum Gasteiger partial charge on any atom is -0.484 e. The van der Waals surface area contributed by atoms with E-state index >= 15 is 0 Å². The molecule has 0 spiro atoms. The lowest BCUT2D eigenvalue weighted by Crippen LogP contribution is -2.28. The molecule has 0 aliphatic heterocycles. The molecule has 2 aromatic rings. The van der Waals surface area contributed by atoms with Gasteiger partial charge in [-0.25, -0.2) is 0 Å². The van der Waals surface area contributed by atoms with Gasteiger partial charge >= 0.3 is 0 Å². The summed E-state index contributed by atoms with van der Waals surface area (Å²) in [4.78, 5) is 11.7. The molecule has 20 heavy (non-hydrogen) atoms. The summed E-state index contributed by atoms with van der Waals surface area (Å²) in [6.07, 6.45) is 0. The van der Waals surface area contributed by atoms with E-state index in [1.54, 1.807) is 6.07 Å². The first-order valence-electron chi connectivity index (χ1n) is 6.03. The van der Waals surface area contributed by atoms with Gasteiger partial charge in [0.1, 0.15) is 5.75 Å². The van der Waals surface area contributed by atoms with E-state index in [1.807, 2.05) is 42.5 Å². The van der Waals surface area contributed by atoms with Crippen LogP contribution in [-0.2, 0) is 11.3 Å². The van der Waals surface area contributed by atoms with Crippen LogP contribution in [0.3, 0.4) is 0 Å². The quantitative estimate of drug-likeness (QED) is 0.777. The zero-order valence-corrected chi connectivity index (χ0v) is 13.5. The second kappa shape index (κ2) is 7.50. The summed E-state index contributed by atoms with van der Waals surface area (Å²) in [5.74, 6) is 0.502. The maximum atomic E-state index is 11.7. The predicted molar refractivity (Wildman–Crippen MR) is 88.0 cm³/mol. The Labute approximate surface area is 136 Å². The topological polar surface area (TPSA) is 38.3 Å². The molecule has 0 heterocycles. The van der Waals surface area contributed by atoms with Gasteiger partial charge in [-0.3, -0.25) is 4.79 Å². The van der Waals surface area contributed by atoms with Crippen molar-refractivity contribution in [3.8, 4) is 5.75 Å². The van der Waals surface area contributed by atoms with Crippen LogP contribution in [0, 0.1) is 3.57 Å². The van der Waals surface area contributed by atoms with Crippen LogP contribution in [0.4, 0.5) is 0 Å². The average Bonchev–Trinajstić information content (AvgIpc) is 2.46. The molecule has 0 aromatic heterocycles. The first kappa shape index (κ1) is 15.1. The molecule has 0 unspecified atom stereocenters. The molecule has 0 fully saturated rings. The van der Waals surface area contributed by atoms with Crippen LogP contribution >= 0.6 is 34.2 Å². The molecule has 2 aromatic carbocycles. The minimum absolute atomic E-state index is 0.00888. The van der Waals surface area contributed by atoms with Crippen molar-refractivity contribution in [2.45, 2.75) is 6.54 Å². The molecule has 0 saturated carbocycles. The highest BCUT2D eigenvalue weighted by Gasteiger charge is 2.04. The van der Waals surface area contributed by atoms with Crippen LogP contribution in [0.25, 0.3) is 0 Å². The number of rotatable bonds is 5. The molecule has 0 aliphatic carbocycles. The Kier molecular flexibility index (Phi) is 5.67. The molecule has 0 bridgehead atoms. The SMILES string of the molecule is O=C(COc1ccc(I)cc1)NCc1ccccc1Cl. The van der Waals surface area contributed by atoms with Crippen LogP contribution in [0.5, 0.6) is 5.75 Å². The van der Waals surface area contributed by atoms with Gasteiger partial charge in [-0.05, 0) is 58.5 Å². The van der Waals surface area contributed by atoms with Crippen molar-refractivity contribution in [1.29, 1.82) is 0 Å². The van der Waals surface area contributed by atoms with Crippen LogP contribution in [0.2, 0.25) is 5.02 Å². The number of halogens is 2. The van der Waals surface area contributed by atoms with Gasteiger partial charge in [0.2, 0.25) is 0 Å². The molecular weight excluding hydrogens is 389 g/mol. The van der Waals surface area contributed by atoms with Gasteiger partial charge < -0.3 is 10.1 Å². The lowest BCUT2D eigenvalue weighted by atomic mass is 10.2. The third-order valence-corrected chi connectivity index (χ3v) is 3.71. The summed E-state index contributed by atoms with van der Waals surface area (Å²) < 4.78 is 6.52. The zero-order valence-electron chi connectivity index (χ0n) is 10.6. The Balaban J connectivity index is 1.78. The molecule has 5 heteroatoms. The maximum Gasteiger partial charge on any atom is 0.258 e. The van der Waals surface area contributed by atoms with Crippen molar-refractivity contribution in [2.24, 2.45) is 0 Å². The summed E-state index contributed by atoms with van der Waals surface area (Å²) in [5, 5.41) is 3.42.